The Bertz CT molecular complexity index is 629. The first-order valence-corrected chi connectivity index (χ1v) is 8.82. The van der Waals surface area contributed by atoms with Crippen LogP contribution >= 0.6 is 35.6 Å². The highest BCUT2D eigenvalue weighted by Crippen LogP contribution is 2.59. The minimum Gasteiger partial charge on any atom is -0.338 e. The molecule has 1 aliphatic carbocycles. The van der Waals surface area contributed by atoms with Crippen LogP contribution in [0.4, 0.5) is 0 Å². The number of carbonyl (C=O) groups is 1. The van der Waals surface area contributed by atoms with Crippen molar-refractivity contribution in [2.75, 3.05) is 19.6 Å². The summed E-state index contributed by atoms with van der Waals surface area (Å²) in [5.41, 5.74) is 2.57. The fourth-order valence-electron chi connectivity index (χ4n) is 4.17. The zero-order valence-corrected chi connectivity index (χ0v) is 15.2. The van der Waals surface area contributed by atoms with Gasteiger partial charge in [0.15, 0.2) is 0 Å². The lowest BCUT2D eigenvalue weighted by Gasteiger charge is -2.31. The molecule has 0 bridgehead atoms. The minimum atomic E-state index is 0. The van der Waals surface area contributed by atoms with Crippen molar-refractivity contribution in [2.24, 2.45) is 11.3 Å². The predicted octanol–water partition coefficient (Wildman–Crippen LogP) is 3.69. The van der Waals surface area contributed by atoms with Crippen LogP contribution in [0.5, 0.6) is 0 Å². The first kappa shape index (κ1) is 17.3. The number of fused-ring (bicyclic) bond motifs is 1. The molecule has 0 aromatic heterocycles. The van der Waals surface area contributed by atoms with E-state index >= 15 is 0 Å². The van der Waals surface area contributed by atoms with Crippen molar-refractivity contribution in [3.05, 3.63) is 33.3 Å². The third-order valence-electron chi connectivity index (χ3n) is 5.68. The highest BCUT2D eigenvalue weighted by Gasteiger charge is 2.58. The number of halogens is 3. The number of carbonyl (C=O) groups excluding carboxylic acids is 1. The molecular weight excluding hydrogens is 355 g/mol. The standard InChI is InChI=1S/C17H20Cl2N2O.ClH/c18-14-2-1-11-10-21(8-3-12(11)15(14)19)16(22)13-9-17(13)4-6-20-7-5-17;/h1-2,13,20H,3-10H2;1H. The molecule has 1 aromatic carbocycles. The van der Waals surface area contributed by atoms with E-state index in [4.69, 9.17) is 23.2 Å². The summed E-state index contributed by atoms with van der Waals surface area (Å²) in [4.78, 5) is 14.9. The maximum Gasteiger partial charge on any atom is 0.226 e. The Morgan fingerprint density at radius 2 is 2.00 bits per heavy atom. The highest BCUT2D eigenvalue weighted by atomic mass is 35.5. The lowest BCUT2D eigenvalue weighted by molar-refractivity contribution is -0.134. The molecule has 1 aromatic rings. The number of hydrogen-bond donors (Lipinski definition) is 1. The molecule has 2 heterocycles. The number of piperidine rings is 1. The van der Waals surface area contributed by atoms with Crippen molar-refractivity contribution in [1.29, 1.82) is 0 Å². The third kappa shape index (κ3) is 2.97. The maximum absolute atomic E-state index is 12.8. The van der Waals surface area contributed by atoms with Crippen molar-refractivity contribution < 1.29 is 4.79 Å². The largest absolute Gasteiger partial charge is 0.338 e. The summed E-state index contributed by atoms with van der Waals surface area (Å²) < 4.78 is 0. The van der Waals surface area contributed by atoms with Crippen molar-refractivity contribution in [1.82, 2.24) is 10.2 Å². The van der Waals surface area contributed by atoms with Crippen molar-refractivity contribution in [2.45, 2.75) is 32.2 Å². The monoisotopic (exact) mass is 374 g/mol. The molecule has 2 aliphatic heterocycles. The second kappa shape index (κ2) is 6.44. The SMILES string of the molecule is Cl.O=C(C1CC12CCNCC2)N1CCc2c(ccc(Cl)c2Cl)C1. The Hall–Kier alpha value is -0.480. The predicted molar refractivity (Wildman–Crippen MR) is 95.5 cm³/mol. The van der Waals surface area contributed by atoms with Crippen LogP contribution in [0.3, 0.4) is 0 Å². The number of amides is 1. The summed E-state index contributed by atoms with van der Waals surface area (Å²) >= 11 is 12.4. The average Bonchev–Trinajstić information content (AvgIpc) is 3.23. The molecule has 1 N–H and O–H groups in total. The lowest BCUT2D eigenvalue weighted by Crippen LogP contribution is -2.39. The molecule has 3 aliphatic rings. The molecule has 0 radical (unpaired) electrons. The first-order chi connectivity index (χ1) is 10.6. The van der Waals surface area contributed by atoms with Gasteiger partial charge in [0.05, 0.1) is 10.0 Å². The lowest BCUT2D eigenvalue weighted by atomic mass is 9.91. The van der Waals surface area contributed by atoms with Gasteiger partial charge in [-0.2, -0.15) is 0 Å². The maximum atomic E-state index is 12.8. The Labute approximate surface area is 153 Å². The fourth-order valence-corrected chi connectivity index (χ4v) is 4.62. The molecule has 3 nitrogen and oxygen atoms in total. The van der Waals surface area contributed by atoms with E-state index < -0.39 is 0 Å². The Balaban J connectivity index is 0.00000156. The van der Waals surface area contributed by atoms with Crippen LogP contribution in [0.1, 0.15) is 30.4 Å². The van der Waals surface area contributed by atoms with E-state index in [0.717, 1.165) is 56.4 Å². The average molecular weight is 376 g/mol. The molecular formula is C17H21Cl3N2O. The topological polar surface area (TPSA) is 32.3 Å². The van der Waals surface area contributed by atoms with Crippen LogP contribution in [0.2, 0.25) is 10.0 Å². The van der Waals surface area contributed by atoms with Gasteiger partial charge in [0, 0.05) is 19.0 Å². The van der Waals surface area contributed by atoms with E-state index in [9.17, 15) is 4.79 Å². The van der Waals surface area contributed by atoms with E-state index in [0.29, 0.717) is 27.9 Å². The number of nitrogens with zero attached hydrogens (tertiary/aromatic N) is 1. The van der Waals surface area contributed by atoms with Crippen molar-refractivity contribution in [3.63, 3.8) is 0 Å². The Kier molecular flexibility index (Phi) is 4.85. The smallest absolute Gasteiger partial charge is 0.226 e. The van der Waals surface area contributed by atoms with Gasteiger partial charge in [0.2, 0.25) is 5.91 Å². The minimum absolute atomic E-state index is 0. The van der Waals surface area contributed by atoms with Crippen LogP contribution in [0.15, 0.2) is 12.1 Å². The summed E-state index contributed by atoms with van der Waals surface area (Å²) in [6.07, 6.45) is 4.19. The molecule has 6 heteroatoms. The molecule has 1 unspecified atom stereocenters. The molecule has 2 fully saturated rings. The van der Waals surface area contributed by atoms with Gasteiger partial charge in [-0.1, -0.05) is 29.3 Å². The van der Waals surface area contributed by atoms with Crippen LogP contribution in [0.25, 0.3) is 0 Å². The van der Waals surface area contributed by atoms with Gasteiger partial charge in [-0.05, 0) is 61.4 Å². The third-order valence-corrected chi connectivity index (χ3v) is 6.53. The van der Waals surface area contributed by atoms with Crippen LogP contribution in [0, 0.1) is 11.3 Å². The van der Waals surface area contributed by atoms with E-state index in [1.807, 2.05) is 17.0 Å². The highest BCUT2D eigenvalue weighted by molar-refractivity contribution is 6.42. The van der Waals surface area contributed by atoms with Gasteiger partial charge in [0.1, 0.15) is 0 Å². The van der Waals surface area contributed by atoms with E-state index in [1.165, 1.54) is 0 Å². The second-order valence-electron chi connectivity index (χ2n) is 6.88. The van der Waals surface area contributed by atoms with Crippen molar-refractivity contribution >= 4 is 41.5 Å². The summed E-state index contributed by atoms with van der Waals surface area (Å²) in [5, 5.41) is 4.66. The van der Waals surface area contributed by atoms with Gasteiger partial charge in [0.25, 0.3) is 0 Å². The zero-order chi connectivity index (χ0) is 15.3. The van der Waals surface area contributed by atoms with E-state index in [2.05, 4.69) is 5.32 Å². The molecule has 23 heavy (non-hydrogen) atoms. The van der Waals surface area contributed by atoms with Gasteiger partial charge in [-0.25, -0.2) is 0 Å². The summed E-state index contributed by atoms with van der Waals surface area (Å²) in [7, 11) is 0. The molecule has 126 valence electrons. The molecule has 1 saturated heterocycles. The Morgan fingerprint density at radius 3 is 2.74 bits per heavy atom. The number of hydrogen-bond acceptors (Lipinski definition) is 2. The number of nitrogens with one attached hydrogen (secondary N) is 1. The molecule has 1 saturated carbocycles. The van der Waals surface area contributed by atoms with Gasteiger partial charge in [-0.15, -0.1) is 12.4 Å². The fraction of sp³-hybridized carbons (Fsp3) is 0.588. The summed E-state index contributed by atoms with van der Waals surface area (Å²) in [6, 6.07) is 3.85. The van der Waals surface area contributed by atoms with Crippen molar-refractivity contribution in [3.8, 4) is 0 Å². The summed E-state index contributed by atoms with van der Waals surface area (Å²) in [5.74, 6) is 0.595. The second-order valence-corrected chi connectivity index (χ2v) is 7.66. The first-order valence-electron chi connectivity index (χ1n) is 8.06. The Morgan fingerprint density at radius 1 is 1.26 bits per heavy atom. The van der Waals surface area contributed by atoms with E-state index in [-0.39, 0.29) is 18.3 Å². The van der Waals surface area contributed by atoms with Gasteiger partial charge >= 0.3 is 0 Å². The van der Waals surface area contributed by atoms with Gasteiger partial charge in [-0.3, -0.25) is 4.79 Å². The van der Waals surface area contributed by atoms with E-state index in [1.54, 1.807) is 0 Å². The van der Waals surface area contributed by atoms with Crippen LogP contribution < -0.4 is 5.32 Å². The zero-order valence-electron chi connectivity index (χ0n) is 12.9. The normalized spacial score (nSPS) is 24.8. The quantitative estimate of drug-likeness (QED) is 0.812. The molecule has 1 atom stereocenters. The van der Waals surface area contributed by atoms with Gasteiger partial charge < -0.3 is 10.2 Å². The summed E-state index contributed by atoms with van der Waals surface area (Å²) in [6.45, 7) is 3.55. The van der Waals surface area contributed by atoms with Crippen LogP contribution in [-0.4, -0.2) is 30.4 Å². The van der Waals surface area contributed by atoms with Crippen LogP contribution in [-0.2, 0) is 17.8 Å². The molecule has 4 rings (SSSR count). The molecule has 1 spiro atoms. The number of rotatable bonds is 1. The molecule has 1 amide bonds. The number of benzene rings is 1.